The van der Waals surface area contributed by atoms with Gasteiger partial charge in [-0.25, -0.2) is 0 Å². The first kappa shape index (κ1) is 16.0. The summed E-state index contributed by atoms with van der Waals surface area (Å²) in [5.74, 6) is 0. The van der Waals surface area contributed by atoms with E-state index in [2.05, 4.69) is 0 Å². The average Bonchev–Trinajstić information content (AvgIpc) is 2.21. The molecule has 0 saturated carbocycles. The monoisotopic (exact) mass is 283 g/mol. The molecule has 0 fully saturated rings. The smallest absolute Gasteiger partial charge is 0.0595 e. The highest BCUT2D eigenvalue weighted by Gasteiger charge is 2.27. The molecule has 0 bridgehead atoms. The van der Waals surface area contributed by atoms with E-state index < -0.39 is 0 Å². The lowest BCUT2D eigenvalue weighted by molar-refractivity contribution is 0.132. The lowest BCUT2D eigenvalue weighted by Crippen LogP contribution is -2.32. The van der Waals surface area contributed by atoms with E-state index in [4.69, 9.17) is 28.9 Å². The van der Waals surface area contributed by atoms with Crippen LogP contribution in [0.15, 0.2) is 18.2 Å². The van der Waals surface area contributed by atoms with Crippen molar-refractivity contribution >= 4 is 35.6 Å². The van der Waals surface area contributed by atoms with Crippen LogP contribution in [0, 0.1) is 5.41 Å². The minimum Gasteiger partial charge on any atom is -0.396 e. The third kappa shape index (κ3) is 3.51. The third-order valence-electron chi connectivity index (χ3n) is 2.55. The number of halogens is 3. The van der Waals surface area contributed by atoms with Crippen LogP contribution in [-0.4, -0.2) is 11.7 Å². The number of aliphatic hydroxyl groups is 1. The average molecular weight is 285 g/mol. The second-order valence-corrected chi connectivity index (χ2v) is 5.11. The maximum Gasteiger partial charge on any atom is 0.0595 e. The Morgan fingerprint density at radius 3 is 2.31 bits per heavy atom. The largest absolute Gasteiger partial charge is 0.396 e. The maximum absolute atomic E-state index is 9.21. The summed E-state index contributed by atoms with van der Waals surface area (Å²) in [6.07, 6.45) is 0. The van der Waals surface area contributed by atoms with Gasteiger partial charge in [-0.3, -0.25) is 0 Å². The zero-order valence-electron chi connectivity index (χ0n) is 9.21. The molecule has 0 amide bonds. The Labute approximate surface area is 112 Å². The predicted molar refractivity (Wildman–Crippen MR) is 71.5 cm³/mol. The van der Waals surface area contributed by atoms with E-state index >= 15 is 0 Å². The Morgan fingerprint density at radius 1 is 1.31 bits per heavy atom. The Hall–Kier alpha value is 0.01000. The van der Waals surface area contributed by atoms with Gasteiger partial charge in [-0.1, -0.05) is 43.1 Å². The first-order chi connectivity index (χ1) is 6.88. The lowest BCUT2D eigenvalue weighted by Gasteiger charge is -2.29. The van der Waals surface area contributed by atoms with Gasteiger partial charge in [-0.15, -0.1) is 12.4 Å². The van der Waals surface area contributed by atoms with Crippen LogP contribution in [0.2, 0.25) is 10.0 Å². The zero-order chi connectivity index (χ0) is 11.6. The summed E-state index contributed by atoms with van der Waals surface area (Å²) in [5.41, 5.74) is 6.54. The van der Waals surface area contributed by atoms with Gasteiger partial charge in [0.25, 0.3) is 0 Å². The van der Waals surface area contributed by atoms with Crippen LogP contribution in [0.5, 0.6) is 0 Å². The Morgan fingerprint density at radius 2 is 1.88 bits per heavy atom. The van der Waals surface area contributed by atoms with E-state index in [1.807, 2.05) is 19.9 Å². The highest BCUT2D eigenvalue weighted by atomic mass is 35.5. The van der Waals surface area contributed by atoms with Gasteiger partial charge in [-0.2, -0.15) is 0 Å². The van der Waals surface area contributed by atoms with Crippen molar-refractivity contribution in [3.63, 3.8) is 0 Å². The van der Waals surface area contributed by atoms with E-state index in [1.165, 1.54) is 0 Å². The molecular weight excluding hydrogens is 268 g/mol. The first-order valence-corrected chi connectivity index (χ1v) is 5.45. The molecule has 0 unspecified atom stereocenters. The second-order valence-electron chi connectivity index (χ2n) is 4.30. The van der Waals surface area contributed by atoms with Crippen molar-refractivity contribution in [2.24, 2.45) is 11.1 Å². The van der Waals surface area contributed by atoms with Crippen molar-refractivity contribution < 1.29 is 5.11 Å². The van der Waals surface area contributed by atoms with E-state index in [9.17, 15) is 5.11 Å². The van der Waals surface area contributed by atoms with Gasteiger partial charge in [-0.05, 0) is 17.7 Å². The molecule has 1 atom stereocenters. The number of hydrogen-bond donors (Lipinski definition) is 2. The van der Waals surface area contributed by atoms with Gasteiger partial charge in [0, 0.05) is 18.1 Å². The zero-order valence-corrected chi connectivity index (χ0v) is 11.5. The highest BCUT2D eigenvalue weighted by molar-refractivity contribution is 6.42. The summed E-state index contributed by atoms with van der Waals surface area (Å²) < 4.78 is 0. The molecule has 5 heteroatoms. The molecule has 0 spiro atoms. The molecule has 0 aromatic heterocycles. The van der Waals surface area contributed by atoms with Crippen LogP contribution in [0.25, 0.3) is 0 Å². The first-order valence-electron chi connectivity index (χ1n) is 4.70. The van der Waals surface area contributed by atoms with E-state index in [1.54, 1.807) is 12.1 Å². The van der Waals surface area contributed by atoms with Crippen molar-refractivity contribution in [2.45, 2.75) is 19.9 Å². The summed E-state index contributed by atoms with van der Waals surface area (Å²) in [7, 11) is 0. The van der Waals surface area contributed by atoms with E-state index in [0.29, 0.717) is 10.0 Å². The molecule has 0 saturated heterocycles. The van der Waals surface area contributed by atoms with Crippen molar-refractivity contribution in [1.29, 1.82) is 0 Å². The molecule has 92 valence electrons. The Balaban J connectivity index is 0.00000225. The fourth-order valence-electron chi connectivity index (χ4n) is 1.26. The van der Waals surface area contributed by atoms with E-state index in [0.717, 1.165) is 5.56 Å². The van der Waals surface area contributed by atoms with Crippen LogP contribution in [-0.2, 0) is 0 Å². The summed E-state index contributed by atoms with van der Waals surface area (Å²) in [4.78, 5) is 0. The third-order valence-corrected chi connectivity index (χ3v) is 3.29. The van der Waals surface area contributed by atoms with Gasteiger partial charge in [0.2, 0.25) is 0 Å². The van der Waals surface area contributed by atoms with Gasteiger partial charge in [0.1, 0.15) is 0 Å². The van der Waals surface area contributed by atoms with Gasteiger partial charge < -0.3 is 10.8 Å². The van der Waals surface area contributed by atoms with Crippen LogP contribution in [0.4, 0.5) is 0 Å². The van der Waals surface area contributed by atoms with Crippen LogP contribution in [0.3, 0.4) is 0 Å². The van der Waals surface area contributed by atoms with Crippen molar-refractivity contribution in [3.8, 4) is 0 Å². The van der Waals surface area contributed by atoms with Crippen LogP contribution < -0.4 is 5.73 Å². The molecule has 0 heterocycles. The molecule has 0 radical (unpaired) electrons. The molecule has 2 nitrogen and oxygen atoms in total. The van der Waals surface area contributed by atoms with E-state index in [-0.39, 0.29) is 30.5 Å². The number of hydrogen-bond acceptors (Lipinski definition) is 2. The van der Waals surface area contributed by atoms with Crippen molar-refractivity contribution in [2.75, 3.05) is 6.61 Å². The fraction of sp³-hybridized carbons (Fsp3) is 0.455. The topological polar surface area (TPSA) is 46.2 Å². The number of benzene rings is 1. The van der Waals surface area contributed by atoms with Crippen LogP contribution in [0.1, 0.15) is 25.5 Å². The Bertz CT molecular complexity index is 355. The Kier molecular flexibility index (Phi) is 6.09. The molecule has 0 aliphatic rings. The van der Waals surface area contributed by atoms with Gasteiger partial charge >= 0.3 is 0 Å². The molecule has 1 aromatic carbocycles. The molecule has 0 aliphatic carbocycles. The molecule has 1 rings (SSSR count). The molecule has 0 aliphatic heterocycles. The highest BCUT2D eigenvalue weighted by Crippen LogP contribution is 2.33. The molecule has 1 aromatic rings. The minimum atomic E-state index is -0.378. The number of rotatable bonds is 3. The van der Waals surface area contributed by atoms with Crippen molar-refractivity contribution in [3.05, 3.63) is 33.8 Å². The minimum absolute atomic E-state index is 0. The van der Waals surface area contributed by atoms with Crippen molar-refractivity contribution in [1.82, 2.24) is 0 Å². The SMILES string of the molecule is CC(C)(CO)[C@@H](N)c1ccc(Cl)c(Cl)c1.Cl. The van der Waals surface area contributed by atoms with Crippen LogP contribution >= 0.6 is 35.6 Å². The molecule has 16 heavy (non-hydrogen) atoms. The normalized spacial score (nSPS) is 13.1. The predicted octanol–water partition coefficient (Wildman–Crippen LogP) is 3.43. The van der Waals surface area contributed by atoms with Gasteiger partial charge in [0.15, 0.2) is 0 Å². The number of aliphatic hydroxyl groups excluding tert-OH is 1. The summed E-state index contributed by atoms with van der Waals surface area (Å²) in [6, 6.07) is 5.02. The number of nitrogens with two attached hydrogens (primary N) is 1. The fourth-order valence-corrected chi connectivity index (χ4v) is 1.56. The van der Waals surface area contributed by atoms with Gasteiger partial charge in [0.05, 0.1) is 10.0 Å². The summed E-state index contributed by atoms with van der Waals surface area (Å²) in [6.45, 7) is 3.83. The summed E-state index contributed by atoms with van der Waals surface area (Å²) >= 11 is 11.7. The summed E-state index contributed by atoms with van der Waals surface area (Å²) in [5, 5.41) is 10.2. The molecular formula is C11H16Cl3NO. The standard InChI is InChI=1S/C11H15Cl2NO.ClH/c1-11(2,6-15)10(14)7-3-4-8(12)9(13)5-7;/h3-5,10,15H,6,14H2,1-2H3;1H/t10-;/m0./s1. The quantitative estimate of drug-likeness (QED) is 0.893. The molecule has 3 N–H and O–H groups in total. The maximum atomic E-state index is 9.21. The lowest BCUT2D eigenvalue weighted by atomic mass is 9.82. The second kappa shape index (κ2) is 6.08.